The first kappa shape index (κ1) is 17.3. The zero-order valence-electron chi connectivity index (χ0n) is 15.4. The third-order valence-electron chi connectivity index (χ3n) is 4.16. The summed E-state index contributed by atoms with van der Waals surface area (Å²) < 4.78 is 2.02. The van der Waals surface area contributed by atoms with E-state index in [4.69, 9.17) is 5.10 Å². The molecular weight excluding hydrogens is 310 g/mol. The van der Waals surface area contributed by atoms with Crippen LogP contribution in [-0.4, -0.2) is 45.3 Å². The predicted molar refractivity (Wildman–Crippen MR) is 101 cm³/mol. The minimum Gasteiger partial charge on any atom is -0.309 e. The van der Waals surface area contributed by atoms with Crippen LogP contribution in [0.2, 0.25) is 0 Å². The molecule has 0 unspecified atom stereocenters. The molecule has 0 saturated carbocycles. The molecule has 0 spiro atoms. The number of aromatic nitrogens is 4. The Balaban J connectivity index is 1.82. The fourth-order valence-corrected chi connectivity index (χ4v) is 2.84. The van der Waals surface area contributed by atoms with Crippen LogP contribution >= 0.6 is 0 Å². The largest absolute Gasteiger partial charge is 0.309 e. The van der Waals surface area contributed by atoms with Gasteiger partial charge in [-0.3, -0.25) is 4.68 Å². The Morgan fingerprint density at radius 2 is 1.88 bits per heavy atom. The molecule has 3 rings (SSSR count). The van der Waals surface area contributed by atoms with E-state index in [1.165, 1.54) is 0 Å². The maximum Gasteiger partial charge on any atom is 0.125 e. The van der Waals surface area contributed by atoms with Crippen LogP contribution < -0.4 is 0 Å². The van der Waals surface area contributed by atoms with Crippen LogP contribution in [0.5, 0.6) is 0 Å². The Morgan fingerprint density at radius 1 is 1.08 bits per heavy atom. The highest BCUT2D eigenvalue weighted by atomic mass is 15.3. The molecule has 0 bridgehead atoms. The third-order valence-corrected chi connectivity index (χ3v) is 4.16. The van der Waals surface area contributed by atoms with E-state index in [9.17, 15) is 0 Å². The van der Waals surface area contributed by atoms with Crippen molar-refractivity contribution in [3.8, 4) is 22.5 Å². The lowest BCUT2D eigenvalue weighted by atomic mass is 10.0. The zero-order valence-corrected chi connectivity index (χ0v) is 15.4. The second kappa shape index (κ2) is 7.57. The van der Waals surface area contributed by atoms with Crippen LogP contribution in [0.4, 0.5) is 0 Å². The fourth-order valence-electron chi connectivity index (χ4n) is 2.84. The van der Waals surface area contributed by atoms with Gasteiger partial charge in [0.1, 0.15) is 5.82 Å². The topological polar surface area (TPSA) is 46.8 Å². The Bertz CT molecular complexity index is 851. The number of hydrogen-bond donors (Lipinski definition) is 0. The van der Waals surface area contributed by atoms with Crippen LogP contribution in [0, 0.1) is 13.8 Å². The van der Waals surface area contributed by atoms with Crippen LogP contribution in [0.3, 0.4) is 0 Å². The molecule has 5 nitrogen and oxygen atoms in total. The Labute approximate surface area is 149 Å². The summed E-state index contributed by atoms with van der Waals surface area (Å²) in [4.78, 5) is 11.1. The van der Waals surface area contributed by atoms with Gasteiger partial charge in [-0.1, -0.05) is 18.2 Å². The molecule has 2 aromatic heterocycles. The first-order chi connectivity index (χ1) is 12.0. The highest BCUT2D eigenvalue weighted by Crippen LogP contribution is 2.26. The Morgan fingerprint density at radius 3 is 2.68 bits per heavy atom. The molecule has 0 amide bonds. The number of benzene rings is 1. The van der Waals surface area contributed by atoms with Gasteiger partial charge in [0, 0.05) is 30.1 Å². The normalized spacial score (nSPS) is 11.2. The molecule has 25 heavy (non-hydrogen) atoms. The minimum absolute atomic E-state index is 0.788. The Kier molecular flexibility index (Phi) is 5.24. The van der Waals surface area contributed by atoms with Gasteiger partial charge >= 0.3 is 0 Å². The second-order valence-electron chi connectivity index (χ2n) is 6.65. The van der Waals surface area contributed by atoms with Crippen molar-refractivity contribution in [2.75, 3.05) is 20.6 Å². The smallest absolute Gasteiger partial charge is 0.125 e. The molecule has 1 aromatic carbocycles. The monoisotopic (exact) mass is 335 g/mol. The quantitative estimate of drug-likeness (QED) is 0.691. The summed E-state index contributed by atoms with van der Waals surface area (Å²) in [5.74, 6) is 0.788. The molecular formula is C20H25N5. The highest BCUT2D eigenvalue weighted by Gasteiger charge is 2.08. The van der Waals surface area contributed by atoms with Crippen LogP contribution in [0.1, 0.15) is 17.8 Å². The number of hydrogen-bond acceptors (Lipinski definition) is 4. The van der Waals surface area contributed by atoms with Gasteiger partial charge in [0.2, 0.25) is 0 Å². The Hall–Kier alpha value is -2.53. The maximum absolute atomic E-state index is 4.72. The van der Waals surface area contributed by atoms with E-state index >= 15 is 0 Å². The van der Waals surface area contributed by atoms with Crippen molar-refractivity contribution in [1.82, 2.24) is 24.6 Å². The number of rotatable bonds is 6. The zero-order chi connectivity index (χ0) is 17.8. The summed E-state index contributed by atoms with van der Waals surface area (Å²) in [6.07, 6.45) is 5.02. The second-order valence-corrected chi connectivity index (χ2v) is 6.65. The number of nitrogens with zero attached hydrogens (tertiary/aromatic N) is 5. The van der Waals surface area contributed by atoms with E-state index in [0.29, 0.717) is 0 Å². The molecule has 130 valence electrons. The van der Waals surface area contributed by atoms with Gasteiger partial charge in [0.05, 0.1) is 11.4 Å². The van der Waals surface area contributed by atoms with E-state index in [2.05, 4.69) is 65.5 Å². The lowest BCUT2D eigenvalue weighted by molar-refractivity contribution is 0.381. The van der Waals surface area contributed by atoms with Gasteiger partial charge in [0.15, 0.2) is 0 Å². The molecule has 0 saturated heterocycles. The molecule has 0 aliphatic heterocycles. The van der Waals surface area contributed by atoms with E-state index in [-0.39, 0.29) is 0 Å². The van der Waals surface area contributed by atoms with Crippen molar-refractivity contribution >= 4 is 0 Å². The van der Waals surface area contributed by atoms with Crippen molar-refractivity contribution < 1.29 is 0 Å². The van der Waals surface area contributed by atoms with Gasteiger partial charge in [-0.25, -0.2) is 9.97 Å². The van der Waals surface area contributed by atoms with Crippen molar-refractivity contribution in [2.24, 2.45) is 0 Å². The molecule has 0 aliphatic rings. The van der Waals surface area contributed by atoms with E-state index in [1.54, 1.807) is 0 Å². The molecule has 0 aliphatic carbocycles. The maximum atomic E-state index is 4.72. The first-order valence-corrected chi connectivity index (χ1v) is 8.62. The third kappa shape index (κ3) is 4.31. The molecule has 0 radical (unpaired) electrons. The van der Waals surface area contributed by atoms with Crippen LogP contribution in [0.15, 0.2) is 42.7 Å². The standard InChI is InChI=1S/C20H25N5/c1-15-14-21-16(2)22-20(15)18-8-5-7-17(13-18)19-9-12-25(23-19)11-6-10-24(3)4/h5,7-9,12-14H,6,10-11H2,1-4H3. The van der Waals surface area contributed by atoms with E-state index in [1.807, 2.05) is 24.7 Å². The van der Waals surface area contributed by atoms with Crippen molar-refractivity contribution in [1.29, 1.82) is 0 Å². The SMILES string of the molecule is Cc1ncc(C)c(-c2cccc(-c3ccn(CCCN(C)C)n3)c2)n1. The van der Waals surface area contributed by atoms with Crippen LogP contribution in [0.25, 0.3) is 22.5 Å². The van der Waals surface area contributed by atoms with E-state index < -0.39 is 0 Å². The minimum atomic E-state index is 0.788. The first-order valence-electron chi connectivity index (χ1n) is 8.62. The molecule has 0 N–H and O–H groups in total. The van der Waals surface area contributed by atoms with Crippen LogP contribution in [-0.2, 0) is 6.54 Å². The van der Waals surface area contributed by atoms with Gasteiger partial charge in [-0.2, -0.15) is 5.10 Å². The summed E-state index contributed by atoms with van der Waals surface area (Å²) in [5.41, 5.74) is 5.27. The van der Waals surface area contributed by atoms with Crippen molar-refractivity contribution in [3.05, 3.63) is 54.1 Å². The molecule has 0 atom stereocenters. The lowest BCUT2D eigenvalue weighted by Crippen LogP contribution is -2.15. The number of aryl methyl sites for hydroxylation is 3. The van der Waals surface area contributed by atoms with Gasteiger partial charge in [-0.15, -0.1) is 0 Å². The molecule has 0 fully saturated rings. The summed E-state index contributed by atoms with van der Waals surface area (Å²) in [6, 6.07) is 10.5. The van der Waals surface area contributed by atoms with Gasteiger partial charge in [-0.05, 0) is 58.6 Å². The van der Waals surface area contributed by atoms with Crippen molar-refractivity contribution in [3.63, 3.8) is 0 Å². The lowest BCUT2D eigenvalue weighted by Gasteiger charge is -2.09. The molecule has 5 heteroatoms. The van der Waals surface area contributed by atoms with Gasteiger partial charge < -0.3 is 4.90 Å². The van der Waals surface area contributed by atoms with Crippen molar-refractivity contribution in [2.45, 2.75) is 26.8 Å². The average Bonchev–Trinajstić information content (AvgIpc) is 3.06. The summed E-state index contributed by atoms with van der Waals surface area (Å²) in [7, 11) is 4.19. The highest BCUT2D eigenvalue weighted by molar-refractivity contribution is 5.70. The summed E-state index contributed by atoms with van der Waals surface area (Å²) in [5, 5.41) is 4.72. The summed E-state index contributed by atoms with van der Waals surface area (Å²) in [6.45, 7) is 5.96. The molecule has 2 heterocycles. The average molecular weight is 335 g/mol. The van der Waals surface area contributed by atoms with E-state index in [0.717, 1.165) is 53.4 Å². The summed E-state index contributed by atoms with van der Waals surface area (Å²) >= 11 is 0. The van der Waals surface area contributed by atoms with Gasteiger partial charge in [0.25, 0.3) is 0 Å². The fraction of sp³-hybridized carbons (Fsp3) is 0.350. The molecule has 3 aromatic rings. The predicted octanol–water partition coefficient (Wildman–Crippen LogP) is 3.58.